The highest BCUT2D eigenvalue weighted by Gasteiger charge is 2.51. The quantitative estimate of drug-likeness (QED) is 0.846. The van der Waals surface area contributed by atoms with E-state index in [4.69, 9.17) is 9.47 Å². The van der Waals surface area contributed by atoms with Crippen LogP contribution >= 0.6 is 0 Å². The fourth-order valence-electron chi connectivity index (χ4n) is 5.39. The van der Waals surface area contributed by atoms with Gasteiger partial charge in [0.25, 0.3) is 0 Å². The number of carbonyl (C=O) groups excluding carboxylic acids is 1. The SMILES string of the molecule is O=C(N1CCC(OCC2CCCCO2)CC1)[C@@]12CCCC[C@H]1CNC2. The van der Waals surface area contributed by atoms with Crippen molar-refractivity contribution >= 4 is 5.91 Å². The summed E-state index contributed by atoms with van der Waals surface area (Å²) in [7, 11) is 0. The molecule has 0 aromatic rings. The van der Waals surface area contributed by atoms with Crippen molar-refractivity contribution in [2.75, 3.05) is 39.4 Å². The number of rotatable bonds is 4. The minimum Gasteiger partial charge on any atom is -0.376 e. The summed E-state index contributed by atoms with van der Waals surface area (Å²) in [5.74, 6) is 0.988. The topological polar surface area (TPSA) is 50.8 Å². The first kappa shape index (κ1) is 17.7. The van der Waals surface area contributed by atoms with Gasteiger partial charge in [-0.15, -0.1) is 0 Å². The molecule has 1 aliphatic carbocycles. The fraction of sp³-hybridized carbons (Fsp3) is 0.950. The summed E-state index contributed by atoms with van der Waals surface area (Å²) in [4.78, 5) is 15.4. The summed E-state index contributed by atoms with van der Waals surface area (Å²) in [6, 6.07) is 0. The van der Waals surface area contributed by atoms with E-state index >= 15 is 0 Å². The monoisotopic (exact) mass is 350 g/mol. The molecular formula is C20H34N2O3. The normalized spacial score (nSPS) is 37.0. The Hall–Kier alpha value is -0.650. The lowest BCUT2D eigenvalue weighted by Crippen LogP contribution is -2.52. The molecule has 3 heterocycles. The van der Waals surface area contributed by atoms with Crippen molar-refractivity contribution in [3.8, 4) is 0 Å². The highest BCUT2D eigenvalue weighted by atomic mass is 16.5. The van der Waals surface area contributed by atoms with E-state index in [9.17, 15) is 4.79 Å². The van der Waals surface area contributed by atoms with Crippen LogP contribution in [0.1, 0.15) is 57.8 Å². The first-order chi connectivity index (χ1) is 12.3. The molecule has 1 saturated carbocycles. The van der Waals surface area contributed by atoms with Crippen molar-refractivity contribution < 1.29 is 14.3 Å². The van der Waals surface area contributed by atoms with Crippen LogP contribution in [0.4, 0.5) is 0 Å². The summed E-state index contributed by atoms with van der Waals surface area (Å²) in [5.41, 5.74) is -0.0954. The third kappa shape index (κ3) is 3.74. The van der Waals surface area contributed by atoms with Gasteiger partial charge in [-0.3, -0.25) is 4.79 Å². The maximum absolute atomic E-state index is 13.3. The Labute approximate surface area is 151 Å². The second kappa shape index (κ2) is 7.93. The lowest BCUT2D eigenvalue weighted by molar-refractivity contribution is -0.148. The molecule has 0 radical (unpaired) electrons. The number of fused-ring (bicyclic) bond motifs is 1. The first-order valence-corrected chi connectivity index (χ1v) is 10.5. The van der Waals surface area contributed by atoms with Crippen molar-refractivity contribution in [3.63, 3.8) is 0 Å². The maximum Gasteiger partial charge on any atom is 0.230 e. The van der Waals surface area contributed by atoms with Crippen LogP contribution in [0.3, 0.4) is 0 Å². The molecule has 4 rings (SSSR count). The molecule has 0 spiro atoms. The van der Waals surface area contributed by atoms with E-state index in [-0.39, 0.29) is 5.41 Å². The molecule has 4 aliphatic rings. The van der Waals surface area contributed by atoms with Gasteiger partial charge in [-0.2, -0.15) is 0 Å². The summed E-state index contributed by atoms with van der Waals surface area (Å²) >= 11 is 0. The zero-order valence-corrected chi connectivity index (χ0v) is 15.5. The molecule has 3 saturated heterocycles. The summed E-state index contributed by atoms with van der Waals surface area (Å²) in [5, 5.41) is 3.50. The molecule has 1 amide bonds. The summed E-state index contributed by atoms with van der Waals surface area (Å²) in [6.07, 6.45) is 10.9. The van der Waals surface area contributed by atoms with E-state index < -0.39 is 0 Å². The van der Waals surface area contributed by atoms with Crippen LogP contribution in [-0.4, -0.2) is 62.4 Å². The van der Waals surface area contributed by atoms with Gasteiger partial charge in [0, 0.05) is 26.2 Å². The van der Waals surface area contributed by atoms with Crippen molar-refractivity contribution in [2.24, 2.45) is 11.3 Å². The zero-order chi connectivity index (χ0) is 17.1. The van der Waals surface area contributed by atoms with Crippen LogP contribution in [0.5, 0.6) is 0 Å². The summed E-state index contributed by atoms with van der Waals surface area (Å²) < 4.78 is 11.9. The average Bonchev–Trinajstić information content (AvgIpc) is 3.12. The average molecular weight is 351 g/mol. The van der Waals surface area contributed by atoms with Crippen LogP contribution in [0, 0.1) is 11.3 Å². The Morgan fingerprint density at radius 3 is 2.76 bits per heavy atom. The van der Waals surface area contributed by atoms with Crippen molar-refractivity contribution in [1.82, 2.24) is 10.2 Å². The number of piperidine rings is 1. The molecule has 0 bridgehead atoms. The molecule has 3 aliphatic heterocycles. The predicted octanol–water partition coefficient (Wildman–Crippen LogP) is 2.34. The standard InChI is InChI=1S/C20H34N2O3/c23-19(20-9-3-1-5-16(20)13-21-15-20)22-10-7-17(8-11-22)25-14-18-6-2-4-12-24-18/h16-18,21H,1-15H2/t16-,18?,20+/m0/s1. The van der Waals surface area contributed by atoms with Crippen LogP contribution in [-0.2, 0) is 14.3 Å². The number of ether oxygens (including phenoxy) is 2. The minimum atomic E-state index is -0.0954. The van der Waals surface area contributed by atoms with E-state index in [1.807, 2.05) is 0 Å². The second-order valence-corrected chi connectivity index (χ2v) is 8.54. The van der Waals surface area contributed by atoms with Gasteiger partial charge in [0.1, 0.15) is 0 Å². The number of carbonyl (C=O) groups is 1. The van der Waals surface area contributed by atoms with Gasteiger partial charge in [-0.1, -0.05) is 12.8 Å². The van der Waals surface area contributed by atoms with Crippen LogP contribution in [0.15, 0.2) is 0 Å². The number of hydrogen-bond acceptors (Lipinski definition) is 4. The molecule has 0 aromatic heterocycles. The van der Waals surface area contributed by atoms with Crippen molar-refractivity contribution in [3.05, 3.63) is 0 Å². The Balaban J connectivity index is 1.26. The van der Waals surface area contributed by atoms with Gasteiger partial charge in [0.2, 0.25) is 5.91 Å². The molecule has 25 heavy (non-hydrogen) atoms. The van der Waals surface area contributed by atoms with E-state index in [0.717, 1.165) is 65.1 Å². The van der Waals surface area contributed by atoms with Crippen LogP contribution in [0.25, 0.3) is 0 Å². The molecule has 1 unspecified atom stereocenters. The van der Waals surface area contributed by atoms with Crippen LogP contribution < -0.4 is 5.32 Å². The Kier molecular flexibility index (Phi) is 5.63. The smallest absolute Gasteiger partial charge is 0.230 e. The molecule has 1 N–H and O–H groups in total. The molecular weight excluding hydrogens is 316 g/mol. The minimum absolute atomic E-state index is 0.0954. The number of amides is 1. The van der Waals surface area contributed by atoms with Gasteiger partial charge in [-0.05, 0) is 57.4 Å². The predicted molar refractivity (Wildman–Crippen MR) is 96.4 cm³/mol. The first-order valence-electron chi connectivity index (χ1n) is 10.5. The highest BCUT2D eigenvalue weighted by Crippen LogP contribution is 2.45. The van der Waals surface area contributed by atoms with E-state index in [1.54, 1.807) is 0 Å². The summed E-state index contributed by atoms with van der Waals surface area (Å²) in [6.45, 7) is 5.28. The molecule has 5 heteroatoms. The number of hydrogen-bond donors (Lipinski definition) is 1. The van der Waals surface area contributed by atoms with E-state index in [1.165, 1.54) is 32.1 Å². The molecule has 4 fully saturated rings. The Bertz CT molecular complexity index is 458. The third-order valence-electron chi connectivity index (χ3n) is 6.99. The van der Waals surface area contributed by atoms with Gasteiger partial charge in [0.15, 0.2) is 0 Å². The van der Waals surface area contributed by atoms with Crippen molar-refractivity contribution in [1.29, 1.82) is 0 Å². The molecule has 3 atom stereocenters. The Morgan fingerprint density at radius 1 is 1.12 bits per heavy atom. The number of nitrogens with one attached hydrogen (secondary N) is 1. The molecule has 142 valence electrons. The van der Waals surface area contributed by atoms with E-state index in [2.05, 4.69) is 10.2 Å². The largest absolute Gasteiger partial charge is 0.376 e. The lowest BCUT2D eigenvalue weighted by atomic mass is 9.67. The lowest BCUT2D eigenvalue weighted by Gasteiger charge is -2.43. The van der Waals surface area contributed by atoms with Gasteiger partial charge in [-0.25, -0.2) is 0 Å². The van der Waals surface area contributed by atoms with Crippen molar-refractivity contribution in [2.45, 2.75) is 70.0 Å². The molecule has 5 nitrogen and oxygen atoms in total. The second-order valence-electron chi connectivity index (χ2n) is 8.54. The van der Waals surface area contributed by atoms with Gasteiger partial charge >= 0.3 is 0 Å². The Morgan fingerprint density at radius 2 is 1.96 bits per heavy atom. The zero-order valence-electron chi connectivity index (χ0n) is 15.5. The van der Waals surface area contributed by atoms with Gasteiger partial charge in [0.05, 0.1) is 24.2 Å². The van der Waals surface area contributed by atoms with E-state index in [0.29, 0.717) is 24.0 Å². The van der Waals surface area contributed by atoms with Crippen LogP contribution in [0.2, 0.25) is 0 Å². The number of nitrogens with zero attached hydrogens (tertiary/aromatic N) is 1. The van der Waals surface area contributed by atoms with Gasteiger partial charge < -0.3 is 19.7 Å². The maximum atomic E-state index is 13.3. The number of likely N-dealkylation sites (tertiary alicyclic amines) is 1. The highest BCUT2D eigenvalue weighted by molar-refractivity contribution is 5.84. The third-order valence-corrected chi connectivity index (χ3v) is 6.99. The molecule has 0 aromatic carbocycles. The fourth-order valence-corrected chi connectivity index (χ4v) is 5.39.